The molecule has 0 radical (unpaired) electrons. The molecule has 25 heavy (non-hydrogen) atoms. The van der Waals surface area contributed by atoms with Crippen LogP contribution < -0.4 is 0 Å². The number of hydrogen-bond acceptors (Lipinski definition) is 3. The van der Waals surface area contributed by atoms with Crippen molar-refractivity contribution in [2.45, 2.75) is 72.0 Å². The highest BCUT2D eigenvalue weighted by Crippen LogP contribution is 2.73. The SMILES string of the molecule is C=C(CC=CC(C)(C)O)C1CC(OC(C)=O)C2(C)C3CCC(C)C3C12. The number of fused-ring (bicyclic) bond motifs is 4. The van der Waals surface area contributed by atoms with Crippen molar-refractivity contribution in [2.24, 2.45) is 35.0 Å². The average molecular weight is 347 g/mol. The van der Waals surface area contributed by atoms with Gasteiger partial charge in [-0.05, 0) is 62.7 Å². The Bertz CT molecular complexity index is 585. The van der Waals surface area contributed by atoms with Crippen LogP contribution in [0.1, 0.15) is 60.3 Å². The minimum atomic E-state index is -0.785. The topological polar surface area (TPSA) is 46.5 Å². The minimum Gasteiger partial charge on any atom is -0.462 e. The van der Waals surface area contributed by atoms with Gasteiger partial charge >= 0.3 is 5.97 Å². The summed E-state index contributed by atoms with van der Waals surface area (Å²) in [7, 11) is 0. The summed E-state index contributed by atoms with van der Waals surface area (Å²) in [5.41, 5.74) is 0.560. The third-order valence-corrected chi connectivity index (χ3v) is 7.32. The lowest BCUT2D eigenvalue weighted by Gasteiger charge is -2.58. The molecule has 0 aliphatic heterocycles. The van der Waals surface area contributed by atoms with Gasteiger partial charge in [-0.3, -0.25) is 4.79 Å². The summed E-state index contributed by atoms with van der Waals surface area (Å²) in [5, 5.41) is 9.87. The number of carbonyl (C=O) groups is 1. The fraction of sp³-hybridized carbons (Fsp3) is 0.773. The average Bonchev–Trinajstić information content (AvgIpc) is 2.91. The molecule has 0 aromatic rings. The van der Waals surface area contributed by atoms with Gasteiger partial charge in [-0.15, -0.1) is 0 Å². The van der Waals surface area contributed by atoms with E-state index in [0.29, 0.717) is 17.8 Å². The number of rotatable bonds is 5. The van der Waals surface area contributed by atoms with Crippen LogP contribution in [0.4, 0.5) is 0 Å². The second-order valence-corrected chi connectivity index (χ2v) is 9.49. The van der Waals surface area contributed by atoms with E-state index in [1.54, 1.807) is 13.8 Å². The van der Waals surface area contributed by atoms with Crippen LogP contribution in [0.5, 0.6) is 0 Å². The van der Waals surface area contributed by atoms with Crippen LogP contribution in [0, 0.1) is 35.0 Å². The summed E-state index contributed by atoms with van der Waals surface area (Å²) in [6, 6.07) is 0. The normalized spacial score (nSPS) is 42.8. The summed E-state index contributed by atoms with van der Waals surface area (Å²) in [6.07, 6.45) is 8.18. The van der Waals surface area contributed by atoms with E-state index in [9.17, 15) is 9.90 Å². The van der Waals surface area contributed by atoms with Gasteiger partial charge in [0.25, 0.3) is 0 Å². The van der Waals surface area contributed by atoms with Crippen molar-refractivity contribution in [3.05, 3.63) is 24.3 Å². The molecule has 0 spiro atoms. The summed E-state index contributed by atoms with van der Waals surface area (Å²) < 4.78 is 5.79. The molecule has 0 aromatic heterocycles. The van der Waals surface area contributed by atoms with E-state index in [4.69, 9.17) is 4.74 Å². The quantitative estimate of drug-likeness (QED) is 0.588. The van der Waals surface area contributed by atoms with Gasteiger partial charge in [-0.25, -0.2) is 0 Å². The number of carbonyl (C=O) groups excluding carboxylic acids is 1. The van der Waals surface area contributed by atoms with Crippen molar-refractivity contribution < 1.29 is 14.6 Å². The summed E-state index contributed by atoms with van der Waals surface area (Å²) in [4.78, 5) is 11.7. The first-order chi connectivity index (χ1) is 11.6. The lowest BCUT2D eigenvalue weighted by molar-refractivity contribution is -0.177. The van der Waals surface area contributed by atoms with Gasteiger partial charge < -0.3 is 9.84 Å². The molecular formula is C22H34O3. The summed E-state index contributed by atoms with van der Waals surface area (Å²) in [6.45, 7) is 14.2. The van der Waals surface area contributed by atoms with E-state index in [1.807, 2.05) is 12.2 Å². The van der Waals surface area contributed by atoms with Crippen LogP contribution in [-0.4, -0.2) is 22.8 Å². The molecule has 3 aliphatic carbocycles. The van der Waals surface area contributed by atoms with Crippen molar-refractivity contribution in [3.63, 3.8) is 0 Å². The molecule has 3 fully saturated rings. The number of ether oxygens (including phenoxy) is 1. The largest absolute Gasteiger partial charge is 0.462 e. The van der Waals surface area contributed by atoms with Gasteiger partial charge in [0.05, 0.1) is 5.60 Å². The maximum absolute atomic E-state index is 11.7. The maximum Gasteiger partial charge on any atom is 0.302 e. The van der Waals surface area contributed by atoms with Crippen LogP contribution in [0.2, 0.25) is 0 Å². The second kappa shape index (κ2) is 6.26. The summed E-state index contributed by atoms with van der Waals surface area (Å²) in [5.74, 6) is 3.06. The van der Waals surface area contributed by atoms with Crippen LogP contribution in [0.15, 0.2) is 24.3 Å². The number of hydrogen-bond donors (Lipinski definition) is 1. The van der Waals surface area contributed by atoms with E-state index >= 15 is 0 Å². The van der Waals surface area contributed by atoms with E-state index in [0.717, 1.165) is 24.7 Å². The lowest BCUT2D eigenvalue weighted by Crippen LogP contribution is -2.57. The third kappa shape index (κ3) is 3.09. The molecule has 0 saturated heterocycles. The first-order valence-corrected chi connectivity index (χ1v) is 9.80. The molecule has 140 valence electrons. The molecule has 3 rings (SSSR count). The molecule has 3 saturated carbocycles. The molecule has 7 atom stereocenters. The highest BCUT2D eigenvalue weighted by molar-refractivity contribution is 5.66. The Morgan fingerprint density at radius 1 is 1.40 bits per heavy atom. The predicted molar refractivity (Wildman–Crippen MR) is 99.8 cm³/mol. The molecule has 0 bridgehead atoms. The molecule has 7 unspecified atom stereocenters. The molecule has 3 aliphatic rings. The standard InChI is InChI=1S/C22H34O3/c1-13(8-7-11-21(4,5)24)16-12-18(25-15(3)23)22(6)17-10-9-14(2)19(17)20(16)22/h7,11,14,16-20,24H,1,8-10,12H2,2-6H3. The molecule has 0 aromatic carbocycles. The highest BCUT2D eigenvalue weighted by atomic mass is 16.5. The minimum absolute atomic E-state index is 0.0292. The summed E-state index contributed by atoms with van der Waals surface area (Å²) >= 11 is 0. The first kappa shape index (κ1) is 18.7. The Labute approximate surface area is 152 Å². The number of esters is 1. The van der Waals surface area contributed by atoms with E-state index in [2.05, 4.69) is 20.4 Å². The third-order valence-electron chi connectivity index (χ3n) is 7.32. The second-order valence-electron chi connectivity index (χ2n) is 9.49. The Morgan fingerprint density at radius 2 is 2.08 bits per heavy atom. The highest BCUT2D eigenvalue weighted by Gasteiger charge is 2.71. The van der Waals surface area contributed by atoms with Crippen LogP contribution in [0.25, 0.3) is 0 Å². The zero-order valence-electron chi connectivity index (χ0n) is 16.4. The molecule has 3 heteroatoms. The van der Waals surface area contributed by atoms with Crippen molar-refractivity contribution >= 4 is 5.97 Å². The van der Waals surface area contributed by atoms with Gasteiger partial charge in [-0.2, -0.15) is 0 Å². The van der Waals surface area contributed by atoms with Crippen LogP contribution >= 0.6 is 0 Å². The van der Waals surface area contributed by atoms with E-state index < -0.39 is 5.60 Å². The van der Waals surface area contributed by atoms with Crippen molar-refractivity contribution in [1.29, 1.82) is 0 Å². The zero-order valence-corrected chi connectivity index (χ0v) is 16.4. The Hall–Kier alpha value is -1.09. The van der Waals surface area contributed by atoms with E-state index in [-0.39, 0.29) is 17.5 Å². The molecule has 3 nitrogen and oxygen atoms in total. The first-order valence-electron chi connectivity index (χ1n) is 9.80. The van der Waals surface area contributed by atoms with Gasteiger partial charge in [-0.1, -0.05) is 44.6 Å². The predicted octanol–water partition coefficient (Wildman–Crippen LogP) is 4.51. The van der Waals surface area contributed by atoms with Crippen LogP contribution in [-0.2, 0) is 9.53 Å². The number of aliphatic hydroxyl groups is 1. The van der Waals surface area contributed by atoms with Crippen molar-refractivity contribution in [1.82, 2.24) is 0 Å². The zero-order chi connectivity index (χ0) is 18.6. The maximum atomic E-state index is 11.7. The fourth-order valence-corrected chi connectivity index (χ4v) is 6.33. The van der Waals surface area contributed by atoms with E-state index in [1.165, 1.54) is 25.3 Å². The monoisotopic (exact) mass is 346 g/mol. The molecular weight excluding hydrogens is 312 g/mol. The van der Waals surface area contributed by atoms with Crippen molar-refractivity contribution in [2.75, 3.05) is 0 Å². The van der Waals surface area contributed by atoms with Crippen molar-refractivity contribution in [3.8, 4) is 0 Å². The molecule has 0 amide bonds. The Kier molecular flexibility index (Phi) is 4.68. The Balaban J connectivity index is 1.79. The molecule has 1 N–H and O–H groups in total. The number of allylic oxidation sites excluding steroid dienone is 2. The van der Waals surface area contributed by atoms with Gasteiger partial charge in [0.1, 0.15) is 6.10 Å². The molecule has 0 heterocycles. The fourth-order valence-electron chi connectivity index (χ4n) is 6.33. The Morgan fingerprint density at radius 3 is 2.68 bits per heavy atom. The lowest BCUT2D eigenvalue weighted by atomic mass is 9.46. The van der Waals surface area contributed by atoms with Crippen LogP contribution in [0.3, 0.4) is 0 Å². The van der Waals surface area contributed by atoms with Gasteiger partial charge in [0.15, 0.2) is 0 Å². The smallest absolute Gasteiger partial charge is 0.302 e. The van der Waals surface area contributed by atoms with Gasteiger partial charge in [0, 0.05) is 12.3 Å². The van der Waals surface area contributed by atoms with Gasteiger partial charge in [0.2, 0.25) is 0 Å².